The molecular formula is C48H42Cl2N4O8. The van der Waals surface area contributed by atoms with Crippen LogP contribution in [0.3, 0.4) is 0 Å². The first-order valence-corrected chi connectivity index (χ1v) is 20.4. The van der Waals surface area contributed by atoms with Crippen molar-refractivity contribution in [3.63, 3.8) is 0 Å². The highest BCUT2D eigenvalue weighted by atomic mass is 35.5. The van der Waals surface area contributed by atoms with Crippen LogP contribution in [0.2, 0.25) is 10.0 Å². The molecule has 0 amide bonds. The highest BCUT2D eigenvalue weighted by molar-refractivity contribution is 6.31. The Labute approximate surface area is 367 Å². The van der Waals surface area contributed by atoms with E-state index in [0.717, 1.165) is 44.5 Å². The fraction of sp³-hybridized carbons (Fsp3) is 0.208. The van der Waals surface area contributed by atoms with Crippen LogP contribution in [-0.4, -0.2) is 58.4 Å². The average Bonchev–Trinajstić information content (AvgIpc) is 3.45. The van der Waals surface area contributed by atoms with Crippen LogP contribution in [0.25, 0.3) is 22.3 Å². The molecule has 0 saturated carbocycles. The van der Waals surface area contributed by atoms with Crippen LogP contribution in [0, 0.1) is 0 Å². The maximum absolute atomic E-state index is 12.5. The number of aliphatic carboxylic acids is 1. The second kappa shape index (κ2) is 18.5. The first-order valence-electron chi connectivity index (χ1n) is 19.6. The van der Waals surface area contributed by atoms with Gasteiger partial charge in [-0.3, -0.25) is 29.2 Å². The number of ether oxygens (including phenoxy) is 3. The number of pyridine rings is 2. The molecule has 2 aromatic heterocycles. The number of aliphatic imine (C=N–C) groups is 2. The van der Waals surface area contributed by atoms with Gasteiger partial charge in [-0.15, -0.1) is 0 Å². The molecule has 1 N–H and O–H groups in total. The number of esters is 1. The van der Waals surface area contributed by atoms with E-state index in [-0.39, 0.29) is 36.5 Å². The van der Waals surface area contributed by atoms with Gasteiger partial charge in [0.2, 0.25) is 0 Å². The lowest BCUT2D eigenvalue weighted by Crippen LogP contribution is -2.18. The van der Waals surface area contributed by atoms with E-state index in [0.29, 0.717) is 44.1 Å². The second-order valence-electron chi connectivity index (χ2n) is 14.6. The van der Waals surface area contributed by atoms with Gasteiger partial charge in [0.05, 0.1) is 57.2 Å². The smallest absolute Gasteiger partial charge is 0.308 e. The third kappa shape index (κ3) is 9.12. The van der Waals surface area contributed by atoms with E-state index in [1.807, 2.05) is 60.7 Å². The number of benzene rings is 4. The molecule has 2 atom stereocenters. The van der Waals surface area contributed by atoms with Crippen molar-refractivity contribution in [1.82, 2.24) is 9.13 Å². The Morgan fingerprint density at radius 2 is 1.03 bits per heavy atom. The highest BCUT2D eigenvalue weighted by Gasteiger charge is 2.30. The maximum atomic E-state index is 12.5. The number of carboxylic acid groups (broad SMARTS) is 1. The number of carbonyl (C=O) groups excluding carboxylic acids is 1. The van der Waals surface area contributed by atoms with E-state index in [4.69, 9.17) is 47.4 Å². The van der Waals surface area contributed by atoms with Crippen molar-refractivity contribution in [2.45, 2.75) is 31.8 Å². The van der Waals surface area contributed by atoms with Crippen LogP contribution in [0.15, 0.2) is 129 Å². The van der Waals surface area contributed by atoms with Gasteiger partial charge in [0, 0.05) is 82.0 Å². The largest absolute Gasteiger partial charge is 0.497 e. The van der Waals surface area contributed by atoms with Gasteiger partial charge in [0.1, 0.15) is 11.5 Å². The van der Waals surface area contributed by atoms with Gasteiger partial charge in [-0.2, -0.15) is 0 Å². The van der Waals surface area contributed by atoms with Crippen molar-refractivity contribution in [1.29, 1.82) is 0 Å². The number of fused-ring (bicyclic) bond motifs is 6. The number of halogens is 2. The predicted molar refractivity (Wildman–Crippen MR) is 241 cm³/mol. The molecule has 0 bridgehead atoms. The second-order valence-corrected chi connectivity index (χ2v) is 15.5. The first-order chi connectivity index (χ1) is 29.8. The zero-order valence-electron chi connectivity index (χ0n) is 34.5. The lowest BCUT2D eigenvalue weighted by atomic mass is 9.91. The Kier molecular flexibility index (Phi) is 12.9. The molecule has 0 fully saturated rings. The van der Waals surface area contributed by atoms with Gasteiger partial charge in [0.25, 0.3) is 11.1 Å². The molecule has 8 rings (SSSR count). The molecular weight excluding hydrogens is 831 g/mol. The van der Waals surface area contributed by atoms with E-state index in [1.54, 1.807) is 78.0 Å². The molecule has 4 aromatic carbocycles. The first kappa shape index (κ1) is 43.3. The lowest BCUT2D eigenvalue weighted by Gasteiger charge is -2.16. The summed E-state index contributed by atoms with van der Waals surface area (Å²) in [5, 5.41) is 10.7. The van der Waals surface area contributed by atoms with Crippen molar-refractivity contribution >= 4 is 46.6 Å². The summed E-state index contributed by atoms with van der Waals surface area (Å²) < 4.78 is 19.1. The fourth-order valence-electron chi connectivity index (χ4n) is 7.57. The van der Waals surface area contributed by atoms with Gasteiger partial charge in [-0.25, -0.2) is 0 Å². The zero-order valence-corrected chi connectivity index (χ0v) is 36.0. The van der Waals surface area contributed by atoms with Crippen molar-refractivity contribution in [3.8, 4) is 33.8 Å². The molecule has 0 spiro atoms. The molecule has 12 nitrogen and oxygen atoms in total. The summed E-state index contributed by atoms with van der Waals surface area (Å²) in [4.78, 5) is 58.8. The van der Waals surface area contributed by atoms with Crippen molar-refractivity contribution in [2.75, 3.05) is 20.8 Å². The van der Waals surface area contributed by atoms with Gasteiger partial charge in [0.15, 0.2) is 0 Å². The minimum Gasteiger partial charge on any atom is -0.497 e. The summed E-state index contributed by atoms with van der Waals surface area (Å²) in [5.41, 5.74) is 8.85. The van der Waals surface area contributed by atoms with Crippen LogP contribution in [0.4, 0.5) is 0 Å². The van der Waals surface area contributed by atoms with E-state index < -0.39 is 18.1 Å². The molecule has 62 heavy (non-hydrogen) atoms. The fourth-order valence-corrected chi connectivity index (χ4v) is 7.82. The van der Waals surface area contributed by atoms with E-state index in [2.05, 4.69) is 0 Å². The van der Waals surface area contributed by atoms with E-state index in [1.165, 1.54) is 15.2 Å². The van der Waals surface area contributed by atoms with Crippen molar-refractivity contribution < 1.29 is 28.9 Å². The van der Waals surface area contributed by atoms with Crippen LogP contribution in [-0.2, 0) is 28.4 Å². The molecule has 0 radical (unpaired) electrons. The molecule has 0 saturated heterocycles. The molecule has 2 aliphatic rings. The molecule has 4 heterocycles. The Morgan fingerprint density at radius 1 is 0.613 bits per heavy atom. The van der Waals surface area contributed by atoms with Crippen molar-refractivity contribution in [2.24, 2.45) is 24.1 Å². The third-order valence-corrected chi connectivity index (χ3v) is 11.1. The SMILES string of the molecule is CCOC(=O)CC1N=C(c2ccc(Cl)cc2)c2cc(OC)ccc2-c2cn(C)c(=O)cc21.COc1ccc2c(c1)C(c1ccc(Cl)cc1)=NC(CC(=O)O)c1cc(=O)n(C)cc1-2. The number of nitrogens with zero attached hydrogens (tertiary/aromatic N) is 4. The number of rotatable bonds is 9. The number of carbonyl (C=O) groups is 2. The molecule has 316 valence electrons. The summed E-state index contributed by atoms with van der Waals surface area (Å²) in [6.07, 6.45) is 3.32. The Hall–Kier alpha value is -6.76. The summed E-state index contributed by atoms with van der Waals surface area (Å²) in [6, 6.07) is 27.7. The zero-order chi connectivity index (χ0) is 44.2. The molecule has 0 aliphatic carbocycles. The van der Waals surface area contributed by atoms with Crippen LogP contribution in [0.1, 0.15) is 65.2 Å². The Morgan fingerprint density at radius 3 is 1.42 bits per heavy atom. The number of aryl methyl sites for hydroxylation is 2. The minimum atomic E-state index is -0.991. The summed E-state index contributed by atoms with van der Waals surface area (Å²) >= 11 is 12.2. The minimum absolute atomic E-state index is 0.0240. The highest BCUT2D eigenvalue weighted by Crippen LogP contribution is 2.41. The van der Waals surface area contributed by atoms with E-state index >= 15 is 0 Å². The van der Waals surface area contributed by atoms with Gasteiger partial charge in [-0.05, 0) is 89.8 Å². The third-order valence-electron chi connectivity index (χ3n) is 10.6. The summed E-state index contributed by atoms with van der Waals surface area (Å²) in [5.74, 6) is -0.0275. The maximum Gasteiger partial charge on any atom is 0.308 e. The number of carboxylic acids is 1. The van der Waals surface area contributed by atoms with Gasteiger partial charge >= 0.3 is 11.9 Å². The standard InChI is InChI=1S/C25H23ClN2O4.C23H19ClN2O4/c1-4-32-24(30)13-22-19-12-23(29)28(2)14-21(19)18-10-9-17(31-3)11-20(18)25(27-22)15-5-7-16(26)8-6-15;1-26-12-19-16-8-7-15(30-2)9-18(16)23(13-3-5-14(24)6-4-13)25-20(11-22(28)29)17(19)10-21(26)27/h5-12,14,22H,4,13H2,1-3H3;3-10,12,20H,11H2,1-2H3,(H,28,29). The molecule has 2 unspecified atom stereocenters. The van der Waals surface area contributed by atoms with Crippen LogP contribution in [0.5, 0.6) is 11.5 Å². The Bertz CT molecular complexity index is 2880. The van der Waals surface area contributed by atoms with Crippen LogP contribution >= 0.6 is 23.2 Å². The number of hydrogen-bond donors (Lipinski definition) is 1. The average molecular weight is 874 g/mol. The quantitative estimate of drug-likeness (QED) is 0.142. The van der Waals surface area contributed by atoms with E-state index in [9.17, 15) is 24.3 Å². The molecule has 2 aliphatic heterocycles. The molecule has 14 heteroatoms. The number of aromatic nitrogens is 2. The Balaban J connectivity index is 0.000000187. The van der Waals surface area contributed by atoms with Crippen LogP contribution < -0.4 is 20.6 Å². The lowest BCUT2D eigenvalue weighted by molar-refractivity contribution is -0.143. The van der Waals surface area contributed by atoms with Crippen molar-refractivity contribution in [3.05, 3.63) is 174 Å². The summed E-state index contributed by atoms with van der Waals surface area (Å²) in [7, 11) is 6.57. The topological polar surface area (TPSA) is 151 Å². The molecule has 6 aromatic rings. The summed E-state index contributed by atoms with van der Waals surface area (Å²) in [6.45, 7) is 2.04. The van der Waals surface area contributed by atoms with Gasteiger partial charge < -0.3 is 28.5 Å². The number of methoxy groups -OCH3 is 2. The monoisotopic (exact) mass is 872 g/mol. The normalized spacial score (nSPS) is 14.8. The predicted octanol–water partition coefficient (Wildman–Crippen LogP) is 8.64. The number of hydrogen-bond acceptors (Lipinski definition) is 9. The van der Waals surface area contributed by atoms with Gasteiger partial charge in [-0.1, -0.05) is 47.5 Å².